The van der Waals surface area contributed by atoms with Gasteiger partial charge in [-0.25, -0.2) is 4.79 Å². The molecule has 1 aromatic rings. The molecule has 142 valence electrons. The van der Waals surface area contributed by atoms with Crippen LogP contribution in [0.4, 0.5) is 10.5 Å². The van der Waals surface area contributed by atoms with Crippen molar-refractivity contribution in [2.75, 3.05) is 24.6 Å². The number of hydrogen-bond acceptors (Lipinski definition) is 5. The molecule has 7 nitrogen and oxygen atoms in total. The summed E-state index contributed by atoms with van der Waals surface area (Å²) in [5, 5.41) is 10.4. The van der Waals surface area contributed by atoms with E-state index >= 15 is 0 Å². The van der Waals surface area contributed by atoms with Gasteiger partial charge in [-0.05, 0) is 45.7 Å². The third-order valence-corrected chi connectivity index (χ3v) is 4.56. The van der Waals surface area contributed by atoms with Crippen LogP contribution in [0.15, 0.2) is 18.2 Å². The molecule has 2 amide bonds. The molecule has 0 aromatic heterocycles. The van der Waals surface area contributed by atoms with Crippen LogP contribution in [0.25, 0.3) is 0 Å². The predicted molar refractivity (Wildman–Crippen MR) is 96.4 cm³/mol. The summed E-state index contributed by atoms with van der Waals surface area (Å²) in [6.45, 7) is 8.28. The van der Waals surface area contributed by atoms with E-state index in [1.165, 1.54) is 4.90 Å². The van der Waals surface area contributed by atoms with E-state index in [1.54, 1.807) is 25.7 Å². The summed E-state index contributed by atoms with van der Waals surface area (Å²) in [5.41, 5.74) is 0.946. The molecule has 2 atom stereocenters. The molecule has 0 aliphatic carbocycles. The molecule has 2 aliphatic heterocycles. The first-order chi connectivity index (χ1) is 12.2. The molecular formula is C19H26N2O5. The number of hydrogen-bond donors (Lipinski definition) is 1. The van der Waals surface area contributed by atoms with Gasteiger partial charge in [0.2, 0.25) is 0 Å². The first-order valence-electron chi connectivity index (χ1n) is 8.90. The number of carbonyl (C=O) groups is 2. The van der Waals surface area contributed by atoms with Crippen LogP contribution in [0.1, 0.15) is 32.8 Å². The van der Waals surface area contributed by atoms with Crippen LogP contribution < -0.4 is 9.64 Å². The first kappa shape index (κ1) is 18.5. The Labute approximate surface area is 153 Å². The molecule has 0 radical (unpaired) electrons. The monoisotopic (exact) mass is 362 g/mol. The molecule has 1 fully saturated rings. The van der Waals surface area contributed by atoms with Gasteiger partial charge in [0.1, 0.15) is 24.0 Å². The Balaban J connectivity index is 1.87. The van der Waals surface area contributed by atoms with Gasteiger partial charge in [0.15, 0.2) is 0 Å². The summed E-state index contributed by atoms with van der Waals surface area (Å²) < 4.78 is 11.1. The Kier molecular flexibility index (Phi) is 4.84. The molecule has 26 heavy (non-hydrogen) atoms. The second kappa shape index (κ2) is 6.79. The third-order valence-electron chi connectivity index (χ3n) is 4.56. The quantitative estimate of drug-likeness (QED) is 0.828. The topological polar surface area (TPSA) is 79.3 Å². The number of amides is 2. The zero-order chi connectivity index (χ0) is 19.1. The summed E-state index contributed by atoms with van der Waals surface area (Å²) in [6.07, 6.45) is -1.14. The standard InChI is InChI=1S/C19H26N2O5/c1-12-6-5-7-13-16(12)25-11-10-20(13)17(23)15-14(22)8-9-21(15)18(24)26-19(2,3)4/h5-7,14-15,22H,8-11H2,1-4H3/t14-,15+/m1/s1. The highest BCUT2D eigenvalue weighted by Crippen LogP contribution is 2.36. The highest BCUT2D eigenvalue weighted by molar-refractivity contribution is 6.01. The number of ether oxygens (including phenoxy) is 2. The predicted octanol–water partition coefficient (Wildman–Crippen LogP) is 2.09. The van der Waals surface area contributed by atoms with Gasteiger partial charge in [0.05, 0.1) is 18.3 Å². The van der Waals surface area contributed by atoms with E-state index in [-0.39, 0.29) is 12.5 Å². The van der Waals surface area contributed by atoms with Crippen molar-refractivity contribution in [1.29, 1.82) is 0 Å². The van der Waals surface area contributed by atoms with Crippen LogP contribution in [0.2, 0.25) is 0 Å². The number of aryl methyl sites for hydroxylation is 1. The summed E-state index contributed by atoms with van der Waals surface area (Å²) in [7, 11) is 0. The lowest BCUT2D eigenvalue weighted by Gasteiger charge is -2.35. The van der Waals surface area contributed by atoms with E-state index < -0.39 is 23.8 Å². The lowest BCUT2D eigenvalue weighted by Crippen LogP contribution is -2.54. The van der Waals surface area contributed by atoms with Gasteiger partial charge in [0.25, 0.3) is 5.91 Å². The number of aliphatic hydroxyl groups is 1. The van der Waals surface area contributed by atoms with Crippen LogP contribution in [-0.4, -0.2) is 59.5 Å². The van der Waals surface area contributed by atoms with E-state index in [0.717, 1.165) is 5.56 Å². The van der Waals surface area contributed by atoms with Gasteiger partial charge in [-0.15, -0.1) is 0 Å². The highest BCUT2D eigenvalue weighted by atomic mass is 16.6. The maximum Gasteiger partial charge on any atom is 0.411 e. The number of benzene rings is 1. The minimum atomic E-state index is -0.948. The SMILES string of the molecule is Cc1cccc2c1OCCN2C(=O)[C@@H]1[C@H](O)CCN1C(=O)OC(C)(C)C. The molecule has 3 rings (SSSR count). The first-order valence-corrected chi connectivity index (χ1v) is 8.90. The number of anilines is 1. The summed E-state index contributed by atoms with van der Waals surface area (Å²) >= 11 is 0. The smallest absolute Gasteiger partial charge is 0.411 e. The van der Waals surface area contributed by atoms with Gasteiger partial charge in [-0.3, -0.25) is 9.69 Å². The Bertz CT molecular complexity index is 712. The Hall–Kier alpha value is -2.28. The lowest BCUT2D eigenvalue weighted by atomic mass is 10.1. The largest absolute Gasteiger partial charge is 0.489 e. The number of para-hydroxylation sites is 1. The zero-order valence-electron chi connectivity index (χ0n) is 15.7. The second-order valence-corrected chi connectivity index (χ2v) is 7.74. The fourth-order valence-electron chi connectivity index (χ4n) is 3.38. The molecular weight excluding hydrogens is 336 g/mol. The summed E-state index contributed by atoms with van der Waals surface area (Å²) in [6, 6.07) is 4.65. The van der Waals surface area contributed by atoms with Crippen molar-refractivity contribution < 1.29 is 24.2 Å². The molecule has 1 saturated heterocycles. The number of aliphatic hydroxyl groups excluding tert-OH is 1. The molecule has 0 unspecified atom stereocenters. The van der Waals surface area contributed by atoms with Crippen molar-refractivity contribution in [3.63, 3.8) is 0 Å². The van der Waals surface area contributed by atoms with E-state index in [0.29, 0.717) is 31.0 Å². The van der Waals surface area contributed by atoms with Crippen molar-refractivity contribution in [2.24, 2.45) is 0 Å². The highest BCUT2D eigenvalue weighted by Gasteiger charge is 2.45. The normalized spacial score (nSPS) is 22.7. The van der Waals surface area contributed by atoms with E-state index in [2.05, 4.69) is 0 Å². The average molecular weight is 362 g/mol. The number of rotatable bonds is 1. The Morgan fingerprint density at radius 2 is 2.00 bits per heavy atom. The van der Waals surface area contributed by atoms with E-state index in [9.17, 15) is 14.7 Å². The van der Waals surface area contributed by atoms with Crippen molar-refractivity contribution in [3.8, 4) is 5.75 Å². The molecule has 1 aromatic carbocycles. The van der Waals surface area contributed by atoms with Crippen molar-refractivity contribution in [1.82, 2.24) is 4.90 Å². The molecule has 2 heterocycles. The van der Waals surface area contributed by atoms with E-state index in [4.69, 9.17) is 9.47 Å². The molecule has 2 aliphatic rings. The van der Waals surface area contributed by atoms with Crippen LogP contribution >= 0.6 is 0 Å². The van der Waals surface area contributed by atoms with Crippen LogP contribution in [0, 0.1) is 6.92 Å². The second-order valence-electron chi connectivity index (χ2n) is 7.74. The molecule has 0 bridgehead atoms. The number of fused-ring (bicyclic) bond motifs is 1. The third kappa shape index (κ3) is 3.49. The van der Waals surface area contributed by atoms with Crippen molar-refractivity contribution in [2.45, 2.75) is 51.9 Å². The summed E-state index contributed by atoms with van der Waals surface area (Å²) in [5.74, 6) is 0.361. The number of likely N-dealkylation sites (tertiary alicyclic amines) is 1. The van der Waals surface area contributed by atoms with Crippen LogP contribution in [0.5, 0.6) is 5.75 Å². The minimum Gasteiger partial charge on any atom is -0.489 e. The number of carbonyl (C=O) groups excluding carboxylic acids is 2. The fraction of sp³-hybridized carbons (Fsp3) is 0.579. The molecule has 0 spiro atoms. The lowest BCUT2D eigenvalue weighted by molar-refractivity contribution is -0.125. The average Bonchev–Trinajstić information content (AvgIpc) is 2.94. The maximum absolute atomic E-state index is 13.2. The van der Waals surface area contributed by atoms with Gasteiger partial charge < -0.3 is 19.5 Å². The zero-order valence-corrected chi connectivity index (χ0v) is 15.7. The minimum absolute atomic E-state index is 0.289. The van der Waals surface area contributed by atoms with Crippen molar-refractivity contribution in [3.05, 3.63) is 23.8 Å². The van der Waals surface area contributed by atoms with Gasteiger partial charge in [-0.2, -0.15) is 0 Å². The Morgan fingerprint density at radius 3 is 2.69 bits per heavy atom. The summed E-state index contributed by atoms with van der Waals surface area (Å²) in [4.78, 5) is 28.7. The van der Waals surface area contributed by atoms with E-state index in [1.807, 2.05) is 25.1 Å². The fourth-order valence-corrected chi connectivity index (χ4v) is 3.38. The van der Waals surface area contributed by atoms with Gasteiger partial charge in [0, 0.05) is 6.54 Å². The van der Waals surface area contributed by atoms with Gasteiger partial charge in [-0.1, -0.05) is 12.1 Å². The molecule has 0 saturated carbocycles. The maximum atomic E-state index is 13.2. The Morgan fingerprint density at radius 1 is 1.27 bits per heavy atom. The van der Waals surface area contributed by atoms with Gasteiger partial charge >= 0.3 is 6.09 Å². The number of nitrogens with zero attached hydrogens (tertiary/aromatic N) is 2. The molecule has 1 N–H and O–H groups in total. The molecule has 7 heteroatoms. The van der Waals surface area contributed by atoms with Crippen molar-refractivity contribution >= 4 is 17.7 Å². The van der Waals surface area contributed by atoms with Crippen LogP contribution in [-0.2, 0) is 9.53 Å². The van der Waals surface area contributed by atoms with Crippen LogP contribution in [0.3, 0.4) is 0 Å².